The number of hydrogen-bond acceptors (Lipinski definition) is 4. The Balaban J connectivity index is 2.09. The molecule has 0 radical (unpaired) electrons. The molecule has 2 aromatic rings. The molecule has 0 bridgehead atoms. The van der Waals surface area contributed by atoms with E-state index in [0.29, 0.717) is 23.5 Å². The lowest BCUT2D eigenvalue weighted by atomic mass is 9.75. The molecule has 3 nitrogen and oxygen atoms in total. The number of carbonyl (C=O) groups is 1. The number of phenolic OH excluding ortho intramolecular Hbond substituents is 1. The average Bonchev–Trinajstić information content (AvgIpc) is 2.90. The number of benzene rings is 1. The Hall–Kier alpha value is -2.03. The van der Waals surface area contributed by atoms with Gasteiger partial charge in [-0.3, -0.25) is 4.79 Å². The molecule has 24 heavy (non-hydrogen) atoms. The highest BCUT2D eigenvalue weighted by molar-refractivity contribution is 7.17. The van der Waals surface area contributed by atoms with Gasteiger partial charge in [-0.25, -0.2) is 13.8 Å². The van der Waals surface area contributed by atoms with Crippen LogP contribution in [0.1, 0.15) is 28.7 Å². The minimum atomic E-state index is -4.71. The third-order valence-corrected chi connectivity index (χ3v) is 5.29. The Kier molecular flexibility index (Phi) is 3.67. The van der Waals surface area contributed by atoms with Crippen molar-refractivity contribution in [2.24, 2.45) is 5.41 Å². The van der Waals surface area contributed by atoms with Crippen molar-refractivity contribution in [3.63, 3.8) is 0 Å². The molecule has 0 unspecified atom stereocenters. The van der Waals surface area contributed by atoms with Crippen LogP contribution in [-0.4, -0.2) is 22.1 Å². The summed E-state index contributed by atoms with van der Waals surface area (Å²) in [6, 6.07) is 1.25. The van der Waals surface area contributed by atoms with Gasteiger partial charge in [-0.15, -0.1) is 11.3 Å². The van der Waals surface area contributed by atoms with Crippen molar-refractivity contribution in [1.29, 1.82) is 0 Å². The molecule has 3 rings (SSSR count). The van der Waals surface area contributed by atoms with Gasteiger partial charge in [0.1, 0.15) is 16.2 Å². The molecule has 0 fully saturated rings. The second-order valence-corrected chi connectivity index (χ2v) is 6.74. The zero-order valence-corrected chi connectivity index (χ0v) is 13.0. The van der Waals surface area contributed by atoms with E-state index in [4.69, 9.17) is 5.11 Å². The summed E-state index contributed by atoms with van der Waals surface area (Å²) in [4.78, 5) is 16.1. The van der Waals surface area contributed by atoms with E-state index in [1.165, 1.54) is 0 Å². The zero-order chi connectivity index (χ0) is 17.9. The number of thiazole rings is 1. The maximum Gasteiger partial charge on any atom is 0.401 e. The molecule has 0 saturated carbocycles. The first-order valence-corrected chi connectivity index (χ1v) is 7.66. The van der Waals surface area contributed by atoms with Gasteiger partial charge in [0.2, 0.25) is 0 Å². The largest absolute Gasteiger partial charge is 0.505 e. The van der Waals surface area contributed by atoms with Gasteiger partial charge in [0.15, 0.2) is 17.3 Å². The SMILES string of the molecule is C[C@]1(C(F)(F)F)CCc2nc(-c3cc(F)c(O)cc3F)sc2C1=O. The van der Waals surface area contributed by atoms with Crippen LogP contribution >= 0.6 is 11.3 Å². The highest BCUT2D eigenvalue weighted by Crippen LogP contribution is 2.49. The van der Waals surface area contributed by atoms with Crippen molar-refractivity contribution in [3.05, 3.63) is 34.3 Å². The molecule has 0 saturated heterocycles. The number of aromatic nitrogens is 1. The van der Waals surface area contributed by atoms with Gasteiger partial charge < -0.3 is 5.11 Å². The smallest absolute Gasteiger partial charge is 0.401 e. The average molecular weight is 363 g/mol. The summed E-state index contributed by atoms with van der Waals surface area (Å²) in [5.41, 5.74) is -2.68. The minimum Gasteiger partial charge on any atom is -0.505 e. The number of carbonyl (C=O) groups excluding carboxylic acids is 1. The van der Waals surface area contributed by atoms with E-state index in [1.54, 1.807) is 0 Å². The number of aryl methyl sites for hydroxylation is 1. The van der Waals surface area contributed by atoms with Gasteiger partial charge in [-0.2, -0.15) is 13.2 Å². The predicted octanol–water partition coefficient (Wildman–Crippen LogP) is 4.49. The molecule has 1 N–H and O–H groups in total. The van der Waals surface area contributed by atoms with Crippen LogP contribution in [0.25, 0.3) is 10.6 Å². The van der Waals surface area contributed by atoms with Crippen LogP contribution in [0.5, 0.6) is 5.75 Å². The van der Waals surface area contributed by atoms with Crippen LogP contribution in [-0.2, 0) is 6.42 Å². The van der Waals surface area contributed by atoms with E-state index in [1.807, 2.05) is 0 Å². The van der Waals surface area contributed by atoms with Crippen LogP contribution < -0.4 is 0 Å². The number of phenols is 1. The van der Waals surface area contributed by atoms with E-state index in [0.717, 1.165) is 6.92 Å². The van der Waals surface area contributed by atoms with Gasteiger partial charge >= 0.3 is 6.18 Å². The van der Waals surface area contributed by atoms with Crippen molar-refractivity contribution < 1.29 is 31.9 Å². The number of nitrogens with zero attached hydrogens (tertiary/aromatic N) is 1. The van der Waals surface area contributed by atoms with Gasteiger partial charge in [-0.05, 0) is 25.8 Å². The molecule has 1 aromatic heterocycles. The molecular formula is C15H10F5NO2S. The fourth-order valence-electron chi connectivity index (χ4n) is 2.52. The molecule has 0 spiro atoms. The van der Waals surface area contributed by atoms with E-state index in [2.05, 4.69) is 4.98 Å². The van der Waals surface area contributed by atoms with E-state index in [-0.39, 0.29) is 27.6 Å². The summed E-state index contributed by atoms with van der Waals surface area (Å²) < 4.78 is 66.9. The molecule has 0 aliphatic heterocycles. The predicted molar refractivity (Wildman–Crippen MR) is 75.9 cm³/mol. The number of halogens is 5. The highest BCUT2D eigenvalue weighted by atomic mass is 32.1. The Labute approximate surface area is 136 Å². The molecule has 9 heteroatoms. The zero-order valence-electron chi connectivity index (χ0n) is 12.2. The lowest BCUT2D eigenvalue weighted by Gasteiger charge is -2.32. The lowest BCUT2D eigenvalue weighted by Crippen LogP contribution is -2.45. The molecular weight excluding hydrogens is 353 g/mol. The number of Topliss-reactive ketones (excluding diaryl/α,β-unsaturated/α-hetero) is 1. The molecule has 128 valence electrons. The molecule has 1 aromatic carbocycles. The number of hydrogen-bond donors (Lipinski definition) is 1. The van der Waals surface area contributed by atoms with Crippen LogP contribution in [0, 0.1) is 17.0 Å². The standard InChI is InChI=1S/C15H10F5NO2S/c1-14(15(18,19)20)3-2-9-11(12(14)23)24-13(21-9)6-4-8(17)10(22)5-7(6)16/h4-5,22H,2-3H2,1H3/t14-/m0/s1. The second kappa shape index (κ2) is 5.23. The Morgan fingerprint density at radius 3 is 2.54 bits per heavy atom. The van der Waals surface area contributed by atoms with Gasteiger partial charge in [0.05, 0.1) is 10.6 Å². The summed E-state index contributed by atoms with van der Waals surface area (Å²) in [5.74, 6) is -4.07. The molecule has 1 heterocycles. The quantitative estimate of drug-likeness (QED) is 0.760. The fourth-order valence-corrected chi connectivity index (χ4v) is 3.72. The first-order chi connectivity index (χ1) is 11.0. The van der Waals surface area contributed by atoms with Crippen LogP contribution in [0.4, 0.5) is 22.0 Å². The lowest BCUT2D eigenvalue weighted by molar-refractivity contribution is -0.200. The molecule has 1 aliphatic rings. The number of aromatic hydroxyl groups is 1. The summed E-state index contributed by atoms with van der Waals surface area (Å²) >= 11 is 0.595. The van der Waals surface area contributed by atoms with Crippen LogP contribution in [0.15, 0.2) is 12.1 Å². The fraction of sp³-hybridized carbons (Fsp3) is 0.333. The first-order valence-electron chi connectivity index (χ1n) is 6.84. The number of ketones is 1. The maximum absolute atomic E-state index is 13.9. The van der Waals surface area contributed by atoms with E-state index < -0.39 is 41.2 Å². The summed E-state index contributed by atoms with van der Waals surface area (Å²) in [5, 5.41) is 9.02. The molecule has 1 aliphatic carbocycles. The number of rotatable bonds is 1. The van der Waals surface area contributed by atoms with Crippen LogP contribution in [0.3, 0.4) is 0 Å². The van der Waals surface area contributed by atoms with Crippen molar-refractivity contribution in [3.8, 4) is 16.3 Å². The van der Waals surface area contributed by atoms with Gasteiger partial charge in [0.25, 0.3) is 0 Å². The third kappa shape index (κ3) is 2.38. The monoisotopic (exact) mass is 363 g/mol. The molecule has 1 atom stereocenters. The van der Waals surface area contributed by atoms with Crippen molar-refractivity contribution in [2.45, 2.75) is 25.9 Å². The highest BCUT2D eigenvalue weighted by Gasteiger charge is 2.58. The maximum atomic E-state index is 13.9. The first kappa shape index (κ1) is 16.8. The van der Waals surface area contributed by atoms with Crippen molar-refractivity contribution in [1.82, 2.24) is 4.98 Å². The van der Waals surface area contributed by atoms with Gasteiger partial charge in [0, 0.05) is 11.6 Å². The Morgan fingerprint density at radius 2 is 1.92 bits per heavy atom. The molecule has 0 amide bonds. The number of alkyl halides is 3. The van der Waals surface area contributed by atoms with Crippen LogP contribution in [0.2, 0.25) is 0 Å². The Bertz CT molecular complexity index is 845. The normalized spacial score (nSPS) is 21.0. The summed E-state index contributed by atoms with van der Waals surface area (Å²) in [7, 11) is 0. The van der Waals surface area contributed by atoms with E-state index >= 15 is 0 Å². The summed E-state index contributed by atoms with van der Waals surface area (Å²) in [6.45, 7) is 0.832. The van der Waals surface area contributed by atoms with Crippen molar-refractivity contribution in [2.75, 3.05) is 0 Å². The van der Waals surface area contributed by atoms with Gasteiger partial charge in [-0.1, -0.05) is 0 Å². The number of fused-ring (bicyclic) bond motifs is 1. The van der Waals surface area contributed by atoms with Crippen molar-refractivity contribution >= 4 is 17.1 Å². The van der Waals surface area contributed by atoms with E-state index in [9.17, 15) is 26.7 Å². The summed E-state index contributed by atoms with van der Waals surface area (Å²) in [6.07, 6.45) is -5.24. The Morgan fingerprint density at radius 1 is 1.25 bits per heavy atom. The topological polar surface area (TPSA) is 50.2 Å². The third-order valence-electron chi connectivity index (χ3n) is 4.16. The minimum absolute atomic E-state index is 0.0875. The second-order valence-electron chi connectivity index (χ2n) is 5.74.